The Morgan fingerprint density at radius 3 is 2.57 bits per heavy atom. The lowest BCUT2D eigenvalue weighted by atomic mass is 10.0. The molecule has 2 atom stereocenters. The molecule has 0 saturated heterocycles. The van der Waals surface area contributed by atoms with Gasteiger partial charge in [-0.05, 0) is 30.7 Å². The van der Waals surface area contributed by atoms with Gasteiger partial charge in [0.25, 0.3) is 0 Å². The van der Waals surface area contributed by atoms with Crippen molar-refractivity contribution in [2.24, 2.45) is 5.92 Å². The van der Waals surface area contributed by atoms with E-state index in [1.165, 1.54) is 29.6 Å². The lowest BCUT2D eigenvalue weighted by Crippen LogP contribution is -2.14. The molecule has 1 aliphatic carbocycles. The van der Waals surface area contributed by atoms with Crippen molar-refractivity contribution < 1.29 is 9.59 Å². The van der Waals surface area contributed by atoms with Crippen molar-refractivity contribution in [2.75, 3.05) is 10.6 Å². The third-order valence-electron chi connectivity index (χ3n) is 5.00. The largest absolute Gasteiger partial charge is 0.301 e. The van der Waals surface area contributed by atoms with Crippen molar-refractivity contribution in [3.8, 4) is 0 Å². The fourth-order valence-electron chi connectivity index (χ4n) is 3.66. The van der Waals surface area contributed by atoms with Gasteiger partial charge in [0, 0.05) is 19.3 Å². The van der Waals surface area contributed by atoms with Gasteiger partial charge in [-0.1, -0.05) is 53.0 Å². The summed E-state index contributed by atoms with van der Waals surface area (Å²) in [6.45, 7) is 1.46. The number of benzene rings is 1. The number of hydrogen-bond donors (Lipinski definition) is 2. The molecule has 1 fully saturated rings. The quantitative estimate of drug-likeness (QED) is 0.578. The van der Waals surface area contributed by atoms with E-state index < -0.39 is 0 Å². The van der Waals surface area contributed by atoms with Crippen LogP contribution in [0.15, 0.2) is 30.3 Å². The van der Waals surface area contributed by atoms with Gasteiger partial charge in [0.15, 0.2) is 0 Å². The van der Waals surface area contributed by atoms with Crippen molar-refractivity contribution in [3.05, 3.63) is 45.9 Å². The van der Waals surface area contributed by atoms with Crippen LogP contribution < -0.4 is 10.6 Å². The molecule has 0 bridgehead atoms. The molecule has 1 unspecified atom stereocenters. The maximum atomic E-state index is 12.2. The highest BCUT2D eigenvalue weighted by Crippen LogP contribution is 2.41. The maximum absolute atomic E-state index is 12.2. The molecule has 2 heterocycles. The number of anilines is 2. The van der Waals surface area contributed by atoms with Gasteiger partial charge in [-0.15, -0.1) is 20.4 Å². The summed E-state index contributed by atoms with van der Waals surface area (Å²) >= 11 is 2.89. The lowest BCUT2D eigenvalue weighted by Gasteiger charge is -2.06. The molecule has 2 aromatic heterocycles. The van der Waals surface area contributed by atoms with Crippen molar-refractivity contribution in [1.82, 2.24) is 20.4 Å². The molecule has 0 radical (unpaired) electrons. The molecule has 8 nitrogen and oxygen atoms in total. The maximum Gasteiger partial charge on any atom is 0.230 e. The van der Waals surface area contributed by atoms with Crippen LogP contribution in [0.1, 0.15) is 47.7 Å². The average molecular weight is 443 g/mol. The highest BCUT2D eigenvalue weighted by atomic mass is 32.1. The number of aromatic nitrogens is 4. The van der Waals surface area contributed by atoms with Crippen LogP contribution in [0, 0.1) is 5.92 Å². The van der Waals surface area contributed by atoms with E-state index in [9.17, 15) is 9.59 Å². The number of rotatable bonds is 7. The van der Waals surface area contributed by atoms with Gasteiger partial charge in [0.05, 0.1) is 6.42 Å². The summed E-state index contributed by atoms with van der Waals surface area (Å²) in [6.07, 6.45) is 4.34. The Labute approximate surface area is 182 Å². The summed E-state index contributed by atoms with van der Waals surface area (Å²) in [5.41, 5.74) is 0.969. The van der Waals surface area contributed by atoms with Crippen molar-refractivity contribution in [3.63, 3.8) is 0 Å². The van der Waals surface area contributed by atoms with Gasteiger partial charge in [0.1, 0.15) is 10.0 Å². The van der Waals surface area contributed by atoms with Crippen LogP contribution in [0.2, 0.25) is 0 Å². The van der Waals surface area contributed by atoms with Crippen molar-refractivity contribution >= 4 is 44.8 Å². The second-order valence-corrected chi connectivity index (χ2v) is 9.49. The molecule has 10 heteroatoms. The molecule has 2 N–H and O–H groups in total. The zero-order valence-electron chi connectivity index (χ0n) is 16.5. The zero-order valence-corrected chi connectivity index (χ0v) is 18.1. The molecular weight excluding hydrogens is 420 g/mol. The molecule has 0 spiro atoms. The monoisotopic (exact) mass is 442 g/mol. The number of amides is 2. The first-order valence-electron chi connectivity index (χ1n) is 9.82. The highest BCUT2D eigenvalue weighted by Gasteiger charge is 2.29. The van der Waals surface area contributed by atoms with Crippen LogP contribution in [0.4, 0.5) is 10.3 Å². The minimum Gasteiger partial charge on any atom is -0.301 e. The van der Waals surface area contributed by atoms with Gasteiger partial charge in [0.2, 0.25) is 22.1 Å². The molecule has 1 aliphatic rings. The van der Waals surface area contributed by atoms with Crippen LogP contribution in [0.3, 0.4) is 0 Å². The molecule has 1 aromatic carbocycles. The van der Waals surface area contributed by atoms with E-state index >= 15 is 0 Å². The van der Waals surface area contributed by atoms with Crippen LogP contribution >= 0.6 is 22.7 Å². The number of hydrogen-bond acceptors (Lipinski definition) is 8. The van der Waals surface area contributed by atoms with E-state index in [1.54, 1.807) is 0 Å². The summed E-state index contributed by atoms with van der Waals surface area (Å²) in [7, 11) is 0. The summed E-state index contributed by atoms with van der Waals surface area (Å²) in [5, 5.41) is 25.2. The predicted molar refractivity (Wildman–Crippen MR) is 117 cm³/mol. The van der Waals surface area contributed by atoms with Gasteiger partial charge in [-0.2, -0.15) is 0 Å². The number of carbonyl (C=O) groups is 2. The number of nitrogens with one attached hydrogen (secondary N) is 2. The second kappa shape index (κ2) is 9.40. The van der Waals surface area contributed by atoms with E-state index in [-0.39, 0.29) is 11.8 Å². The molecule has 4 rings (SSSR count). The normalized spacial score (nSPS) is 18.3. The SMILES string of the molecule is CC(=O)Nc1nnc(C[C@H]2CCC(c3nnc(NC(=O)Cc4ccccc4)s3)C2)s1. The van der Waals surface area contributed by atoms with Crippen LogP contribution in [0.5, 0.6) is 0 Å². The fourth-order valence-corrected chi connectivity index (χ4v) is 5.47. The average Bonchev–Trinajstić information content (AvgIpc) is 3.44. The zero-order chi connectivity index (χ0) is 20.9. The molecule has 0 aliphatic heterocycles. The summed E-state index contributed by atoms with van der Waals surface area (Å²) in [5.74, 6) is 0.643. The van der Waals surface area contributed by atoms with Gasteiger partial charge >= 0.3 is 0 Å². The summed E-state index contributed by atoms with van der Waals surface area (Å²) in [4.78, 5) is 23.3. The number of nitrogens with zero attached hydrogens (tertiary/aromatic N) is 4. The summed E-state index contributed by atoms with van der Waals surface area (Å²) < 4.78 is 0. The predicted octanol–water partition coefficient (Wildman–Crippen LogP) is 3.66. The van der Waals surface area contributed by atoms with Crippen LogP contribution in [0.25, 0.3) is 0 Å². The molecule has 156 valence electrons. The smallest absolute Gasteiger partial charge is 0.230 e. The first-order chi connectivity index (χ1) is 14.5. The summed E-state index contributed by atoms with van der Waals surface area (Å²) in [6, 6.07) is 9.64. The lowest BCUT2D eigenvalue weighted by molar-refractivity contribution is -0.116. The van der Waals surface area contributed by atoms with Crippen LogP contribution in [-0.2, 0) is 22.4 Å². The first kappa shape index (κ1) is 20.5. The first-order valence-corrected chi connectivity index (χ1v) is 11.5. The van der Waals surface area contributed by atoms with Crippen LogP contribution in [-0.4, -0.2) is 32.2 Å². The van der Waals surface area contributed by atoms with E-state index in [4.69, 9.17) is 0 Å². The topological polar surface area (TPSA) is 110 Å². The Kier molecular flexibility index (Phi) is 6.44. The number of carbonyl (C=O) groups excluding carboxylic acids is 2. The molecule has 3 aromatic rings. The second-order valence-electron chi connectivity index (χ2n) is 7.42. The van der Waals surface area contributed by atoms with E-state index in [2.05, 4.69) is 31.0 Å². The van der Waals surface area contributed by atoms with Gasteiger partial charge < -0.3 is 10.6 Å². The Balaban J connectivity index is 1.28. The van der Waals surface area contributed by atoms with E-state index in [0.29, 0.717) is 28.5 Å². The third-order valence-corrected chi connectivity index (χ3v) is 6.86. The molecule has 30 heavy (non-hydrogen) atoms. The molecular formula is C20H22N6O2S2. The Morgan fingerprint density at radius 2 is 1.77 bits per heavy atom. The fraction of sp³-hybridized carbons (Fsp3) is 0.400. The standard InChI is InChI=1S/C20H22N6O2S2/c1-12(27)21-19-25-23-17(29-19)11-14-7-8-15(9-14)18-24-26-20(30-18)22-16(28)10-13-5-3-2-4-6-13/h2-6,14-15H,7-11H2,1H3,(H,21,25,27)(H,22,26,28)/t14-,15?/m0/s1. The minimum atomic E-state index is -0.137. The van der Waals surface area contributed by atoms with Crippen molar-refractivity contribution in [1.29, 1.82) is 0 Å². The Hall–Kier alpha value is -2.72. The Bertz CT molecular complexity index is 1020. The van der Waals surface area contributed by atoms with Gasteiger partial charge in [-0.3, -0.25) is 9.59 Å². The highest BCUT2D eigenvalue weighted by molar-refractivity contribution is 7.15. The van der Waals surface area contributed by atoms with Crippen molar-refractivity contribution in [2.45, 2.75) is 44.9 Å². The van der Waals surface area contributed by atoms with E-state index in [0.717, 1.165) is 41.3 Å². The third kappa shape index (κ3) is 5.45. The Morgan fingerprint density at radius 1 is 1.00 bits per heavy atom. The van der Waals surface area contributed by atoms with Gasteiger partial charge in [-0.25, -0.2) is 0 Å². The molecule has 2 amide bonds. The molecule has 1 saturated carbocycles. The minimum absolute atomic E-state index is 0.0838. The van der Waals surface area contributed by atoms with E-state index in [1.807, 2.05) is 30.3 Å².